The Bertz CT molecular complexity index is 1150. The van der Waals surface area contributed by atoms with E-state index in [1.54, 1.807) is 0 Å². The highest BCUT2D eigenvalue weighted by atomic mass is 32.2. The molecule has 0 radical (unpaired) electrons. The monoisotopic (exact) mass is 430 g/mol. The van der Waals surface area contributed by atoms with Crippen LogP contribution in [-0.4, -0.2) is 38.7 Å². The normalized spacial score (nSPS) is 19.8. The van der Waals surface area contributed by atoms with Crippen molar-refractivity contribution in [2.24, 2.45) is 0 Å². The van der Waals surface area contributed by atoms with Crippen LogP contribution in [0.15, 0.2) is 62.9 Å². The van der Waals surface area contributed by atoms with Gasteiger partial charge < -0.3 is 14.1 Å². The SMILES string of the molecule is Cc1cccc(-c2nc(S(=O)(=O)c3ccc(F)cc3)c(N3C[C@@H](C)O[C@H](C)C3)o2)c1. The van der Waals surface area contributed by atoms with E-state index in [1.165, 1.54) is 12.1 Å². The number of hydrogen-bond donors (Lipinski definition) is 0. The molecule has 1 fully saturated rings. The lowest BCUT2D eigenvalue weighted by Gasteiger charge is -2.35. The van der Waals surface area contributed by atoms with E-state index in [1.807, 2.05) is 49.9 Å². The van der Waals surface area contributed by atoms with Crippen LogP contribution in [0.25, 0.3) is 11.5 Å². The molecule has 1 aliphatic heterocycles. The molecular weight excluding hydrogens is 407 g/mol. The minimum atomic E-state index is -4.02. The minimum absolute atomic E-state index is 0.0383. The second-order valence-corrected chi connectivity index (χ2v) is 9.48. The van der Waals surface area contributed by atoms with E-state index in [4.69, 9.17) is 9.15 Å². The van der Waals surface area contributed by atoms with Gasteiger partial charge in [0.25, 0.3) is 0 Å². The molecule has 4 rings (SSSR count). The predicted molar refractivity (Wildman–Crippen MR) is 111 cm³/mol. The van der Waals surface area contributed by atoms with E-state index in [0.717, 1.165) is 17.7 Å². The molecule has 0 spiro atoms. The summed E-state index contributed by atoms with van der Waals surface area (Å²) in [5, 5.41) is -0.174. The van der Waals surface area contributed by atoms with E-state index in [9.17, 15) is 12.8 Å². The van der Waals surface area contributed by atoms with Gasteiger partial charge in [0.1, 0.15) is 5.82 Å². The summed E-state index contributed by atoms with van der Waals surface area (Å²) in [6.07, 6.45) is -0.190. The molecule has 30 heavy (non-hydrogen) atoms. The second-order valence-electron chi connectivity index (χ2n) is 7.62. The first-order chi connectivity index (χ1) is 14.2. The summed E-state index contributed by atoms with van der Waals surface area (Å²) in [7, 11) is -4.02. The van der Waals surface area contributed by atoms with Gasteiger partial charge in [-0.05, 0) is 57.2 Å². The maximum atomic E-state index is 13.4. The summed E-state index contributed by atoms with van der Waals surface area (Å²) < 4.78 is 51.9. The Morgan fingerprint density at radius 2 is 1.73 bits per heavy atom. The number of aromatic nitrogens is 1. The van der Waals surface area contributed by atoms with Crippen LogP contribution in [0.3, 0.4) is 0 Å². The summed E-state index contributed by atoms with van der Waals surface area (Å²) >= 11 is 0. The summed E-state index contributed by atoms with van der Waals surface area (Å²) in [6.45, 7) is 6.73. The van der Waals surface area contributed by atoms with Gasteiger partial charge in [0.15, 0.2) is 0 Å². The average molecular weight is 431 g/mol. The van der Waals surface area contributed by atoms with Gasteiger partial charge in [-0.15, -0.1) is 0 Å². The number of rotatable bonds is 4. The van der Waals surface area contributed by atoms with E-state index in [-0.39, 0.29) is 33.9 Å². The topological polar surface area (TPSA) is 72.6 Å². The summed E-state index contributed by atoms with van der Waals surface area (Å²) in [5.74, 6) is -0.107. The lowest BCUT2D eigenvalue weighted by molar-refractivity contribution is -0.00657. The van der Waals surface area contributed by atoms with Gasteiger partial charge in [0.2, 0.25) is 26.6 Å². The van der Waals surface area contributed by atoms with Crippen LogP contribution in [0.1, 0.15) is 19.4 Å². The fourth-order valence-corrected chi connectivity index (χ4v) is 4.96. The molecule has 0 saturated carbocycles. The third-order valence-electron chi connectivity index (χ3n) is 4.93. The van der Waals surface area contributed by atoms with Crippen LogP contribution in [-0.2, 0) is 14.6 Å². The van der Waals surface area contributed by atoms with Gasteiger partial charge in [-0.1, -0.05) is 17.7 Å². The maximum Gasteiger partial charge on any atom is 0.236 e. The van der Waals surface area contributed by atoms with Crippen LogP contribution < -0.4 is 4.90 Å². The number of ether oxygens (including phenoxy) is 1. The molecule has 0 aliphatic carbocycles. The number of anilines is 1. The Labute approximate surface area is 175 Å². The third kappa shape index (κ3) is 3.97. The van der Waals surface area contributed by atoms with E-state index < -0.39 is 15.7 Å². The molecule has 6 nitrogen and oxygen atoms in total. The lowest BCUT2D eigenvalue weighted by atomic mass is 10.1. The number of halogens is 1. The number of morpholine rings is 1. The molecule has 0 N–H and O–H groups in total. The van der Waals surface area contributed by atoms with Gasteiger partial charge in [-0.25, -0.2) is 12.8 Å². The lowest BCUT2D eigenvalue weighted by Crippen LogP contribution is -2.45. The zero-order valence-electron chi connectivity index (χ0n) is 17.0. The molecule has 0 unspecified atom stereocenters. The van der Waals surface area contributed by atoms with Crippen molar-refractivity contribution in [3.63, 3.8) is 0 Å². The highest BCUT2D eigenvalue weighted by Crippen LogP contribution is 2.36. The molecule has 0 amide bonds. The largest absolute Gasteiger partial charge is 0.419 e. The van der Waals surface area contributed by atoms with Gasteiger partial charge in [0.05, 0.1) is 17.1 Å². The first kappa shape index (κ1) is 20.6. The van der Waals surface area contributed by atoms with Crippen LogP contribution in [0, 0.1) is 12.7 Å². The fourth-order valence-electron chi connectivity index (χ4n) is 3.64. The number of sulfone groups is 1. The molecule has 158 valence electrons. The van der Waals surface area contributed by atoms with Gasteiger partial charge in [-0.3, -0.25) is 0 Å². The summed E-state index contributed by atoms with van der Waals surface area (Å²) in [4.78, 5) is 6.20. The van der Waals surface area contributed by atoms with Crippen molar-refractivity contribution in [1.29, 1.82) is 0 Å². The molecule has 2 atom stereocenters. The Balaban J connectivity index is 1.86. The molecule has 3 aromatic rings. The van der Waals surface area contributed by atoms with Crippen LogP contribution >= 0.6 is 0 Å². The van der Waals surface area contributed by atoms with Crippen LogP contribution in [0.5, 0.6) is 0 Å². The van der Waals surface area contributed by atoms with Crippen molar-refractivity contribution in [1.82, 2.24) is 4.98 Å². The molecule has 0 bridgehead atoms. The molecule has 2 heterocycles. The standard InChI is InChI=1S/C22H23FN2O4S/c1-14-5-4-6-17(11-14)20-24-21(30(26,27)19-9-7-18(23)8-10-19)22(29-20)25-12-15(2)28-16(3)13-25/h4-11,15-16H,12-13H2,1-3H3/t15-,16-/m1/s1. The van der Waals surface area contributed by atoms with Gasteiger partial charge in [0, 0.05) is 18.7 Å². The smallest absolute Gasteiger partial charge is 0.236 e. The summed E-state index contributed by atoms with van der Waals surface area (Å²) in [5.41, 5.74) is 1.69. The summed E-state index contributed by atoms with van der Waals surface area (Å²) in [6, 6.07) is 12.2. The zero-order chi connectivity index (χ0) is 21.5. The number of nitrogens with zero attached hydrogens (tertiary/aromatic N) is 2. The highest BCUT2D eigenvalue weighted by molar-refractivity contribution is 7.91. The Kier molecular flexibility index (Phi) is 5.38. The van der Waals surface area contributed by atoms with Gasteiger partial charge in [-0.2, -0.15) is 4.98 Å². The van der Waals surface area contributed by atoms with E-state index >= 15 is 0 Å². The Morgan fingerprint density at radius 1 is 1.07 bits per heavy atom. The number of aryl methyl sites for hydroxylation is 1. The van der Waals surface area contributed by atoms with Crippen molar-refractivity contribution in [3.8, 4) is 11.5 Å². The first-order valence-electron chi connectivity index (χ1n) is 9.73. The predicted octanol–water partition coefficient (Wildman–Crippen LogP) is 4.24. The number of benzene rings is 2. The van der Waals surface area contributed by atoms with E-state index in [0.29, 0.717) is 18.7 Å². The fraction of sp³-hybridized carbons (Fsp3) is 0.318. The molecule has 2 aromatic carbocycles. The van der Waals surface area contributed by atoms with Crippen molar-refractivity contribution in [2.75, 3.05) is 18.0 Å². The molecule has 8 heteroatoms. The second kappa shape index (κ2) is 7.85. The third-order valence-corrected chi connectivity index (χ3v) is 6.60. The van der Waals surface area contributed by atoms with Crippen molar-refractivity contribution in [2.45, 2.75) is 42.9 Å². The van der Waals surface area contributed by atoms with Crippen molar-refractivity contribution >= 4 is 15.7 Å². The molecule has 1 aromatic heterocycles. The van der Waals surface area contributed by atoms with Crippen LogP contribution in [0.4, 0.5) is 10.3 Å². The number of oxazole rings is 1. The Morgan fingerprint density at radius 3 is 2.37 bits per heavy atom. The quantitative estimate of drug-likeness (QED) is 0.577. The molecule has 1 saturated heterocycles. The highest BCUT2D eigenvalue weighted by Gasteiger charge is 2.34. The minimum Gasteiger partial charge on any atom is -0.419 e. The van der Waals surface area contributed by atoms with Crippen LogP contribution in [0.2, 0.25) is 0 Å². The van der Waals surface area contributed by atoms with Crippen molar-refractivity contribution in [3.05, 3.63) is 59.9 Å². The van der Waals surface area contributed by atoms with Gasteiger partial charge >= 0.3 is 0 Å². The molecular formula is C22H23FN2O4S. The van der Waals surface area contributed by atoms with Crippen molar-refractivity contribution < 1.29 is 22.0 Å². The number of hydrogen-bond acceptors (Lipinski definition) is 6. The first-order valence-corrected chi connectivity index (χ1v) is 11.2. The molecule has 1 aliphatic rings. The average Bonchev–Trinajstić information content (AvgIpc) is 3.14. The maximum absolute atomic E-state index is 13.4. The Hall–Kier alpha value is -2.71. The zero-order valence-corrected chi connectivity index (χ0v) is 17.8. The van der Waals surface area contributed by atoms with E-state index in [2.05, 4.69) is 4.98 Å².